The monoisotopic (exact) mass is 249 g/mol. The Labute approximate surface area is 109 Å². The quantitative estimate of drug-likeness (QED) is 0.843. The third-order valence-corrected chi connectivity index (χ3v) is 4.13. The molecule has 0 heterocycles. The van der Waals surface area contributed by atoms with Crippen LogP contribution in [0, 0.1) is 5.41 Å². The van der Waals surface area contributed by atoms with E-state index in [1.165, 1.54) is 5.56 Å². The fourth-order valence-electron chi connectivity index (χ4n) is 2.40. The number of nitrogens with two attached hydrogens (primary N) is 1. The number of hydrogen-bond donors (Lipinski definition) is 2. The van der Waals surface area contributed by atoms with Gasteiger partial charge in [-0.1, -0.05) is 26.0 Å². The van der Waals surface area contributed by atoms with Gasteiger partial charge in [0.15, 0.2) is 0 Å². The van der Waals surface area contributed by atoms with E-state index in [-0.39, 0.29) is 18.1 Å². The van der Waals surface area contributed by atoms with Crippen LogP contribution in [-0.2, 0) is 0 Å². The zero-order chi connectivity index (χ0) is 13.3. The highest BCUT2D eigenvalue weighted by Gasteiger charge is 2.48. The first-order chi connectivity index (χ1) is 8.54. The van der Waals surface area contributed by atoms with Gasteiger partial charge in [0, 0.05) is 17.0 Å². The van der Waals surface area contributed by atoms with Gasteiger partial charge < -0.3 is 15.6 Å². The molecular formula is C15H23NO2. The lowest BCUT2D eigenvalue weighted by atomic mass is 9.89. The molecule has 1 aliphatic rings. The van der Waals surface area contributed by atoms with Crippen LogP contribution in [0.1, 0.15) is 49.8 Å². The van der Waals surface area contributed by atoms with Gasteiger partial charge >= 0.3 is 0 Å². The molecule has 3 N–H and O–H groups in total. The molecule has 0 bridgehead atoms. The molecule has 0 spiro atoms. The minimum atomic E-state index is -0.140. The van der Waals surface area contributed by atoms with Gasteiger partial charge in [-0.3, -0.25) is 0 Å². The van der Waals surface area contributed by atoms with Gasteiger partial charge in [-0.15, -0.1) is 0 Å². The number of hydrogen-bond acceptors (Lipinski definition) is 3. The number of rotatable bonds is 5. The summed E-state index contributed by atoms with van der Waals surface area (Å²) in [6, 6.07) is 6.08. The molecule has 0 radical (unpaired) electrons. The van der Waals surface area contributed by atoms with Crippen LogP contribution in [0.25, 0.3) is 0 Å². The van der Waals surface area contributed by atoms with Crippen LogP contribution in [0.4, 0.5) is 0 Å². The summed E-state index contributed by atoms with van der Waals surface area (Å²) in [7, 11) is 1.67. The lowest BCUT2D eigenvalue weighted by Gasteiger charge is -2.24. The second-order valence-corrected chi connectivity index (χ2v) is 5.65. The van der Waals surface area contributed by atoms with E-state index < -0.39 is 0 Å². The average molecular weight is 249 g/mol. The molecule has 1 aliphatic carbocycles. The minimum Gasteiger partial charge on any atom is -0.496 e. The van der Waals surface area contributed by atoms with Gasteiger partial charge in [-0.25, -0.2) is 0 Å². The molecule has 2 rings (SSSR count). The predicted octanol–water partition coefficient (Wildman–Crippen LogP) is 2.59. The van der Waals surface area contributed by atoms with Gasteiger partial charge in [0.2, 0.25) is 0 Å². The number of ether oxygens (including phenoxy) is 1. The Morgan fingerprint density at radius 3 is 2.50 bits per heavy atom. The highest BCUT2D eigenvalue weighted by Crippen LogP contribution is 2.54. The first-order valence-corrected chi connectivity index (χ1v) is 6.58. The Morgan fingerprint density at radius 2 is 2.06 bits per heavy atom. The van der Waals surface area contributed by atoms with E-state index >= 15 is 0 Å². The second-order valence-electron chi connectivity index (χ2n) is 5.65. The van der Waals surface area contributed by atoms with Gasteiger partial charge in [-0.05, 0) is 30.4 Å². The summed E-state index contributed by atoms with van der Waals surface area (Å²) in [4.78, 5) is 0. The largest absolute Gasteiger partial charge is 0.496 e. The Morgan fingerprint density at radius 1 is 1.39 bits per heavy atom. The van der Waals surface area contributed by atoms with Crippen molar-refractivity contribution in [2.75, 3.05) is 13.7 Å². The van der Waals surface area contributed by atoms with E-state index in [0.29, 0.717) is 5.92 Å². The molecule has 1 aromatic rings. The van der Waals surface area contributed by atoms with Gasteiger partial charge in [0.25, 0.3) is 0 Å². The van der Waals surface area contributed by atoms with Crippen molar-refractivity contribution in [1.29, 1.82) is 0 Å². The van der Waals surface area contributed by atoms with Crippen molar-refractivity contribution in [3.05, 3.63) is 29.3 Å². The molecule has 3 nitrogen and oxygen atoms in total. The van der Waals surface area contributed by atoms with E-state index in [9.17, 15) is 5.11 Å². The summed E-state index contributed by atoms with van der Waals surface area (Å²) in [5, 5.41) is 9.47. The van der Waals surface area contributed by atoms with E-state index in [4.69, 9.17) is 10.5 Å². The molecule has 0 amide bonds. The first kappa shape index (κ1) is 13.4. The molecule has 1 atom stereocenters. The van der Waals surface area contributed by atoms with Crippen molar-refractivity contribution in [2.24, 2.45) is 11.1 Å². The van der Waals surface area contributed by atoms with Gasteiger partial charge in [0.05, 0.1) is 13.7 Å². The molecule has 0 aromatic heterocycles. The molecule has 1 fully saturated rings. The van der Waals surface area contributed by atoms with Crippen LogP contribution in [0.15, 0.2) is 18.2 Å². The van der Waals surface area contributed by atoms with Crippen LogP contribution in [0.3, 0.4) is 0 Å². The van der Waals surface area contributed by atoms with E-state index in [1.807, 2.05) is 0 Å². The Balaban J connectivity index is 2.33. The standard InChI is InChI=1S/C15H23NO2/c1-10(2)11-4-5-12(13(8-11)18-3)14(16)15(9-17)6-7-15/h4-5,8,10,14,17H,6-7,9,16H2,1-3H3. The van der Waals surface area contributed by atoms with Crippen molar-refractivity contribution in [3.8, 4) is 5.75 Å². The van der Waals surface area contributed by atoms with Crippen LogP contribution in [0.5, 0.6) is 5.75 Å². The molecule has 18 heavy (non-hydrogen) atoms. The van der Waals surface area contributed by atoms with E-state index in [0.717, 1.165) is 24.2 Å². The number of aliphatic hydroxyl groups is 1. The maximum absolute atomic E-state index is 9.47. The minimum absolute atomic E-state index is 0.118. The number of methoxy groups -OCH3 is 1. The molecule has 3 heteroatoms. The third kappa shape index (κ3) is 2.25. The molecule has 100 valence electrons. The Kier molecular flexibility index (Phi) is 3.64. The average Bonchev–Trinajstić information content (AvgIpc) is 3.18. The second kappa shape index (κ2) is 4.90. The molecule has 0 aliphatic heterocycles. The van der Waals surface area contributed by atoms with Crippen LogP contribution in [0.2, 0.25) is 0 Å². The summed E-state index contributed by atoms with van der Waals surface area (Å²) in [5.74, 6) is 1.31. The smallest absolute Gasteiger partial charge is 0.123 e. The van der Waals surface area contributed by atoms with Crippen molar-refractivity contribution in [1.82, 2.24) is 0 Å². The topological polar surface area (TPSA) is 55.5 Å². The van der Waals surface area contributed by atoms with Crippen molar-refractivity contribution >= 4 is 0 Å². The molecule has 0 saturated heterocycles. The predicted molar refractivity (Wildman–Crippen MR) is 72.8 cm³/mol. The summed E-state index contributed by atoms with van der Waals surface area (Å²) < 4.78 is 5.46. The van der Waals surface area contributed by atoms with Crippen LogP contribution in [-0.4, -0.2) is 18.8 Å². The van der Waals surface area contributed by atoms with Gasteiger partial charge in [-0.2, -0.15) is 0 Å². The maximum atomic E-state index is 9.47. The summed E-state index contributed by atoms with van der Waals surface area (Å²) in [6.45, 7) is 4.47. The first-order valence-electron chi connectivity index (χ1n) is 6.58. The normalized spacial score (nSPS) is 18.8. The van der Waals surface area contributed by atoms with Crippen molar-refractivity contribution in [3.63, 3.8) is 0 Å². The molecular weight excluding hydrogens is 226 g/mol. The molecule has 1 aromatic carbocycles. The van der Waals surface area contributed by atoms with Gasteiger partial charge in [0.1, 0.15) is 5.75 Å². The SMILES string of the molecule is COc1cc(C(C)C)ccc1C(N)C1(CO)CC1. The third-order valence-electron chi connectivity index (χ3n) is 4.13. The Bertz CT molecular complexity index is 425. The molecule has 1 unspecified atom stereocenters. The lowest BCUT2D eigenvalue weighted by molar-refractivity contribution is 0.186. The zero-order valence-corrected chi connectivity index (χ0v) is 11.4. The fourth-order valence-corrected chi connectivity index (χ4v) is 2.40. The highest BCUT2D eigenvalue weighted by molar-refractivity contribution is 5.42. The summed E-state index contributed by atoms with van der Waals surface area (Å²) in [5.41, 5.74) is 8.44. The van der Waals surface area contributed by atoms with Crippen LogP contribution >= 0.6 is 0 Å². The Hall–Kier alpha value is -1.06. The zero-order valence-electron chi connectivity index (χ0n) is 11.4. The van der Waals surface area contributed by atoms with Crippen LogP contribution < -0.4 is 10.5 Å². The maximum Gasteiger partial charge on any atom is 0.123 e. The highest BCUT2D eigenvalue weighted by atomic mass is 16.5. The van der Waals surface area contributed by atoms with Crippen molar-refractivity contribution in [2.45, 2.75) is 38.6 Å². The fraction of sp³-hybridized carbons (Fsp3) is 0.600. The number of aliphatic hydroxyl groups excluding tert-OH is 1. The van der Waals surface area contributed by atoms with E-state index in [1.54, 1.807) is 7.11 Å². The molecule has 1 saturated carbocycles. The van der Waals surface area contributed by atoms with Crippen molar-refractivity contribution < 1.29 is 9.84 Å². The lowest BCUT2D eigenvalue weighted by Crippen LogP contribution is -2.26. The summed E-state index contributed by atoms with van der Waals surface area (Å²) in [6.07, 6.45) is 2.00. The van der Waals surface area contributed by atoms with E-state index in [2.05, 4.69) is 32.0 Å². The summed E-state index contributed by atoms with van der Waals surface area (Å²) >= 11 is 0. The number of benzene rings is 1.